The largest absolute Gasteiger partial charge is 0.377 e. The fourth-order valence-electron chi connectivity index (χ4n) is 3.03. The van der Waals surface area contributed by atoms with Gasteiger partial charge in [-0.1, -0.05) is 26.7 Å². The Morgan fingerprint density at radius 2 is 2.29 bits per heavy atom. The van der Waals surface area contributed by atoms with Gasteiger partial charge in [-0.05, 0) is 32.2 Å². The normalized spacial score (nSPS) is 35.6. The van der Waals surface area contributed by atoms with Crippen LogP contribution < -0.4 is 5.32 Å². The smallest absolute Gasteiger partial charge is 0.0833 e. The predicted octanol–water partition coefficient (Wildman–Crippen LogP) is 2.58. The zero-order valence-electron chi connectivity index (χ0n) is 10.1. The molecule has 84 valence electrons. The molecule has 0 saturated heterocycles. The van der Waals surface area contributed by atoms with Crippen LogP contribution in [-0.2, 0) is 4.74 Å². The molecule has 0 aromatic heterocycles. The van der Waals surface area contributed by atoms with Crippen LogP contribution >= 0.6 is 0 Å². The molecule has 1 aliphatic carbocycles. The molecule has 0 aromatic rings. The van der Waals surface area contributed by atoms with Crippen LogP contribution in [0, 0.1) is 5.92 Å². The predicted molar refractivity (Wildman–Crippen MR) is 60.5 cm³/mol. The summed E-state index contributed by atoms with van der Waals surface area (Å²) in [5, 5.41) is 3.41. The number of rotatable bonds is 4. The highest BCUT2D eigenvalue weighted by Gasteiger charge is 2.40. The molecule has 2 nitrogen and oxygen atoms in total. The number of methoxy groups -OCH3 is 1. The van der Waals surface area contributed by atoms with Crippen molar-refractivity contribution in [2.45, 2.75) is 57.6 Å². The minimum atomic E-state index is 0.0984. The van der Waals surface area contributed by atoms with Gasteiger partial charge in [0.05, 0.1) is 5.60 Å². The second kappa shape index (κ2) is 5.13. The van der Waals surface area contributed by atoms with Gasteiger partial charge in [-0.3, -0.25) is 0 Å². The highest BCUT2D eigenvalue weighted by molar-refractivity contribution is 4.95. The zero-order chi connectivity index (χ0) is 10.6. The molecular formula is C12H25NO. The number of ether oxygens (including phenoxy) is 1. The molecule has 0 aromatic carbocycles. The maximum atomic E-state index is 5.83. The first-order valence-corrected chi connectivity index (χ1v) is 5.91. The Morgan fingerprint density at radius 1 is 1.57 bits per heavy atom. The number of hydrogen-bond acceptors (Lipinski definition) is 2. The lowest BCUT2D eigenvalue weighted by molar-refractivity contribution is -0.0783. The third-order valence-corrected chi connectivity index (χ3v) is 3.79. The highest BCUT2D eigenvalue weighted by atomic mass is 16.5. The summed E-state index contributed by atoms with van der Waals surface area (Å²) in [5.74, 6) is 0.811. The van der Waals surface area contributed by atoms with Crippen LogP contribution in [0.3, 0.4) is 0 Å². The Hall–Kier alpha value is -0.0800. The van der Waals surface area contributed by atoms with Crippen molar-refractivity contribution >= 4 is 0 Å². The SMILES string of the molecule is CCC(NC)C1(OC)CCCC(C)C1. The molecule has 1 fully saturated rings. The van der Waals surface area contributed by atoms with Gasteiger partial charge >= 0.3 is 0 Å². The van der Waals surface area contributed by atoms with E-state index in [1.807, 2.05) is 14.2 Å². The maximum absolute atomic E-state index is 5.83. The molecular weight excluding hydrogens is 174 g/mol. The summed E-state index contributed by atoms with van der Waals surface area (Å²) in [6.07, 6.45) is 6.26. The Kier molecular flexibility index (Phi) is 4.39. The molecule has 1 rings (SSSR count). The third-order valence-electron chi connectivity index (χ3n) is 3.79. The van der Waals surface area contributed by atoms with Crippen molar-refractivity contribution < 1.29 is 4.74 Å². The van der Waals surface area contributed by atoms with E-state index in [1.54, 1.807) is 0 Å². The lowest BCUT2D eigenvalue weighted by atomic mass is 9.74. The van der Waals surface area contributed by atoms with E-state index in [0.717, 1.165) is 12.3 Å². The van der Waals surface area contributed by atoms with E-state index in [2.05, 4.69) is 19.2 Å². The lowest BCUT2D eigenvalue weighted by Gasteiger charge is -2.44. The van der Waals surface area contributed by atoms with Crippen molar-refractivity contribution in [2.75, 3.05) is 14.2 Å². The van der Waals surface area contributed by atoms with E-state index >= 15 is 0 Å². The molecule has 0 aliphatic heterocycles. The molecule has 1 N–H and O–H groups in total. The topological polar surface area (TPSA) is 21.3 Å². The van der Waals surface area contributed by atoms with Gasteiger partial charge in [0.25, 0.3) is 0 Å². The van der Waals surface area contributed by atoms with E-state index in [4.69, 9.17) is 4.74 Å². The summed E-state index contributed by atoms with van der Waals surface area (Å²) in [6.45, 7) is 4.58. The lowest BCUT2D eigenvalue weighted by Crippen LogP contribution is -2.53. The van der Waals surface area contributed by atoms with Crippen molar-refractivity contribution in [3.05, 3.63) is 0 Å². The van der Waals surface area contributed by atoms with Crippen LogP contribution in [0.25, 0.3) is 0 Å². The molecule has 0 heterocycles. The second-order valence-corrected chi connectivity index (χ2v) is 4.72. The Morgan fingerprint density at radius 3 is 2.71 bits per heavy atom. The number of nitrogens with one attached hydrogen (secondary N) is 1. The highest BCUT2D eigenvalue weighted by Crippen LogP contribution is 2.37. The van der Waals surface area contributed by atoms with E-state index in [0.29, 0.717) is 6.04 Å². The van der Waals surface area contributed by atoms with Crippen molar-refractivity contribution in [1.82, 2.24) is 5.32 Å². The molecule has 0 bridgehead atoms. The molecule has 1 saturated carbocycles. The van der Waals surface area contributed by atoms with Crippen LogP contribution in [0.5, 0.6) is 0 Å². The van der Waals surface area contributed by atoms with Crippen LogP contribution in [-0.4, -0.2) is 25.8 Å². The Labute approximate surface area is 88.4 Å². The standard InChI is InChI=1S/C12H25NO/c1-5-11(13-3)12(14-4)8-6-7-10(2)9-12/h10-11,13H,5-9H2,1-4H3. The maximum Gasteiger partial charge on any atom is 0.0833 e. The van der Waals surface area contributed by atoms with Crippen molar-refractivity contribution in [3.8, 4) is 0 Å². The van der Waals surface area contributed by atoms with Gasteiger partial charge in [0.2, 0.25) is 0 Å². The van der Waals surface area contributed by atoms with Crippen LogP contribution in [0.1, 0.15) is 46.0 Å². The molecule has 14 heavy (non-hydrogen) atoms. The summed E-state index contributed by atoms with van der Waals surface area (Å²) in [7, 11) is 3.92. The van der Waals surface area contributed by atoms with Gasteiger partial charge in [-0.15, -0.1) is 0 Å². The van der Waals surface area contributed by atoms with Crippen molar-refractivity contribution in [3.63, 3.8) is 0 Å². The quantitative estimate of drug-likeness (QED) is 0.751. The first-order valence-electron chi connectivity index (χ1n) is 5.91. The van der Waals surface area contributed by atoms with E-state index in [9.17, 15) is 0 Å². The van der Waals surface area contributed by atoms with Crippen LogP contribution in [0.4, 0.5) is 0 Å². The third kappa shape index (κ3) is 2.29. The van der Waals surface area contributed by atoms with Gasteiger partial charge < -0.3 is 10.1 Å². The molecule has 0 radical (unpaired) electrons. The Bertz CT molecular complexity index is 168. The summed E-state index contributed by atoms with van der Waals surface area (Å²) in [6, 6.07) is 0.509. The fraction of sp³-hybridized carbons (Fsp3) is 1.00. The van der Waals surface area contributed by atoms with Crippen molar-refractivity contribution in [2.24, 2.45) is 5.92 Å². The summed E-state index contributed by atoms with van der Waals surface area (Å²) in [4.78, 5) is 0. The number of hydrogen-bond donors (Lipinski definition) is 1. The average molecular weight is 199 g/mol. The van der Waals surface area contributed by atoms with E-state index < -0.39 is 0 Å². The first-order chi connectivity index (χ1) is 6.68. The molecule has 0 spiro atoms. The zero-order valence-corrected chi connectivity index (χ0v) is 10.1. The fourth-order valence-corrected chi connectivity index (χ4v) is 3.03. The number of likely N-dealkylation sites (N-methyl/N-ethyl adjacent to an activating group) is 1. The molecule has 3 atom stereocenters. The summed E-state index contributed by atoms with van der Waals surface area (Å²) < 4.78 is 5.83. The molecule has 1 aliphatic rings. The molecule has 3 unspecified atom stereocenters. The van der Waals surface area contributed by atoms with Gasteiger partial charge in [0.1, 0.15) is 0 Å². The first kappa shape index (κ1) is 12.0. The minimum absolute atomic E-state index is 0.0984. The molecule has 0 amide bonds. The average Bonchev–Trinajstić information content (AvgIpc) is 2.19. The van der Waals surface area contributed by atoms with E-state index in [1.165, 1.54) is 25.7 Å². The molecule has 2 heteroatoms. The van der Waals surface area contributed by atoms with Gasteiger partial charge in [-0.25, -0.2) is 0 Å². The second-order valence-electron chi connectivity index (χ2n) is 4.72. The Balaban J connectivity index is 2.72. The van der Waals surface area contributed by atoms with Gasteiger partial charge in [0.15, 0.2) is 0 Å². The van der Waals surface area contributed by atoms with Crippen LogP contribution in [0.15, 0.2) is 0 Å². The van der Waals surface area contributed by atoms with Crippen LogP contribution in [0.2, 0.25) is 0 Å². The van der Waals surface area contributed by atoms with E-state index in [-0.39, 0.29) is 5.60 Å². The van der Waals surface area contributed by atoms with Gasteiger partial charge in [0, 0.05) is 13.2 Å². The minimum Gasteiger partial charge on any atom is -0.377 e. The summed E-state index contributed by atoms with van der Waals surface area (Å²) >= 11 is 0. The monoisotopic (exact) mass is 199 g/mol. The van der Waals surface area contributed by atoms with Crippen molar-refractivity contribution in [1.29, 1.82) is 0 Å². The summed E-state index contributed by atoms with van der Waals surface area (Å²) in [5.41, 5.74) is 0.0984. The van der Waals surface area contributed by atoms with Gasteiger partial charge in [-0.2, -0.15) is 0 Å².